The molecule has 1 saturated carbocycles. The van der Waals surface area contributed by atoms with Gasteiger partial charge in [0.15, 0.2) is 17.5 Å². The highest BCUT2D eigenvalue weighted by Gasteiger charge is 2.44. The molecule has 28 heavy (non-hydrogen) atoms. The van der Waals surface area contributed by atoms with E-state index in [1.54, 1.807) is 0 Å². The molecule has 0 spiro atoms. The molecule has 1 aromatic heterocycles. The molecule has 3 atom stereocenters. The molecule has 0 bridgehead atoms. The van der Waals surface area contributed by atoms with Gasteiger partial charge in [0.2, 0.25) is 11.5 Å². The first-order chi connectivity index (χ1) is 13.6. The summed E-state index contributed by atoms with van der Waals surface area (Å²) in [5, 5.41) is 12.4. The van der Waals surface area contributed by atoms with Gasteiger partial charge in [-0.1, -0.05) is 19.3 Å². The zero-order valence-electron chi connectivity index (χ0n) is 15.7. The molecular weight excluding hydrogens is 368 g/mol. The van der Waals surface area contributed by atoms with Gasteiger partial charge < -0.3 is 9.47 Å². The molecule has 5 rings (SSSR count). The van der Waals surface area contributed by atoms with Crippen LogP contribution in [0, 0.1) is 11.6 Å². The number of hydrogen-bond donors (Lipinski definition) is 0. The third-order valence-corrected chi connectivity index (χ3v) is 6.16. The first-order valence-electron chi connectivity index (χ1n) is 9.95. The fourth-order valence-corrected chi connectivity index (χ4v) is 4.58. The highest BCUT2D eigenvalue weighted by Crippen LogP contribution is 2.41. The Balaban J connectivity index is 1.34. The average molecular weight is 391 g/mol. The number of benzene rings is 1. The Kier molecular flexibility index (Phi) is 4.41. The molecule has 1 saturated heterocycles. The molecular formula is C19H23F2N5O2. The van der Waals surface area contributed by atoms with E-state index >= 15 is 0 Å². The van der Waals surface area contributed by atoms with E-state index in [2.05, 4.69) is 27.3 Å². The Hall–Kier alpha value is -2.29. The maximum absolute atomic E-state index is 14.0. The van der Waals surface area contributed by atoms with Crippen molar-refractivity contribution in [2.75, 3.05) is 13.1 Å². The molecule has 3 heterocycles. The fourth-order valence-electron chi connectivity index (χ4n) is 4.58. The lowest BCUT2D eigenvalue weighted by Gasteiger charge is -2.28. The van der Waals surface area contributed by atoms with Gasteiger partial charge in [-0.15, -0.1) is 5.10 Å². The van der Waals surface area contributed by atoms with Gasteiger partial charge >= 0.3 is 0 Å². The van der Waals surface area contributed by atoms with E-state index in [0.717, 1.165) is 30.8 Å². The number of ether oxygens (including phenoxy) is 2. The van der Waals surface area contributed by atoms with Crippen molar-refractivity contribution in [3.05, 3.63) is 29.6 Å². The highest BCUT2D eigenvalue weighted by molar-refractivity contribution is 5.44. The van der Waals surface area contributed by atoms with Crippen LogP contribution in [0.15, 0.2) is 12.1 Å². The summed E-state index contributed by atoms with van der Waals surface area (Å²) in [6.07, 6.45) is 5.13. The summed E-state index contributed by atoms with van der Waals surface area (Å²) < 4.78 is 41.6. The van der Waals surface area contributed by atoms with Crippen molar-refractivity contribution in [2.45, 2.75) is 63.3 Å². The van der Waals surface area contributed by atoms with Crippen molar-refractivity contribution in [1.82, 2.24) is 25.1 Å². The van der Waals surface area contributed by atoms with Crippen LogP contribution in [0.25, 0.3) is 0 Å². The zero-order chi connectivity index (χ0) is 19.3. The average Bonchev–Trinajstić information content (AvgIpc) is 3.36. The lowest BCUT2D eigenvalue weighted by atomic mass is 9.95. The molecule has 2 aromatic rings. The fraction of sp³-hybridized carbons (Fsp3) is 0.632. The maximum Gasteiger partial charge on any atom is 0.200 e. The normalized spacial score (nSPS) is 26.2. The highest BCUT2D eigenvalue weighted by atomic mass is 19.1. The number of likely N-dealkylation sites (tertiary alicyclic amines) is 1. The summed E-state index contributed by atoms with van der Waals surface area (Å²) in [6.45, 7) is 3.13. The number of fused-ring (bicyclic) bond motifs is 2. The van der Waals surface area contributed by atoms with Gasteiger partial charge in [0.1, 0.15) is 12.2 Å². The van der Waals surface area contributed by atoms with Gasteiger partial charge in [-0.2, -0.15) is 0 Å². The van der Waals surface area contributed by atoms with Crippen molar-refractivity contribution in [3.8, 4) is 11.5 Å². The molecule has 1 aromatic carbocycles. The van der Waals surface area contributed by atoms with Crippen molar-refractivity contribution in [1.29, 1.82) is 0 Å². The van der Waals surface area contributed by atoms with Crippen molar-refractivity contribution >= 4 is 0 Å². The molecule has 2 aliphatic heterocycles. The molecule has 3 aliphatic rings. The van der Waals surface area contributed by atoms with Gasteiger partial charge in [-0.25, -0.2) is 13.5 Å². The van der Waals surface area contributed by atoms with Crippen molar-refractivity contribution < 1.29 is 18.3 Å². The minimum atomic E-state index is -0.609. The molecule has 0 amide bonds. The summed E-state index contributed by atoms with van der Waals surface area (Å²) in [5.41, 5.74) is 0. The summed E-state index contributed by atoms with van der Waals surface area (Å²) in [7, 11) is 0. The standard InChI is InChI=1S/C19H23F2N5O2/c1-11(19-22-23-24-26(19)12-5-3-2-4-6-12)25-9-15-16(10-25)28-18-14(21)8-7-13(20)17(18)27-15/h7-8,11-12,15-16H,2-6,9-10H2,1H3/t11?,15-,16+. The Morgan fingerprint density at radius 2 is 1.61 bits per heavy atom. The maximum atomic E-state index is 14.0. The third kappa shape index (κ3) is 2.92. The van der Waals surface area contributed by atoms with Gasteiger partial charge in [-0.3, -0.25) is 4.90 Å². The summed E-state index contributed by atoms with van der Waals surface area (Å²) in [4.78, 5) is 2.15. The van der Waals surface area contributed by atoms with E-state index in [-0.39, 0.29) is 29.7 Å². The second-order valence-corrected chi connectivity index (χ2v) is 7.90. The summed E-state index contributed by atoms with van der Waals surface area (Å²) >= 11 is 0. The van der Waals surface area contributed by atoms with Gasteiger partial charge in [0, 0.05) is 13.1 Å². The molecule has 9 heteroatoms. The second-order valence-electron chi connectivity index (χ2n) is 7.90. The summed E-state index contributed by atoms with van der Waals surface area (Å²) in [5.74, 6) is -0.670. The third-order valence-electron chi connectivity index (χ3n) is 6.16. The number of aromatic nitrogens is 4. The molecule has 1 aliphatic carbocycles. The molecule has 1 unspecified atom stereocenters. The van der Waals surface area contributed by atoms with Crippen LogP contribution < -0.4 is 9.47 Å². The Labute approximate surface area is 161 Å². The van der Waals surface area contributed by atoms with Crippen LogP contribution in [0.5, 0.6) is 11.5 Å². The van der Waals surface area contributed by atoms with E-state index in [1.165, 1.54) is 19.3 Å². The van der Waals surface area contributed by atoms with E-state index in [9.17, 15) is 8.78 Å². The van der Waals surface area contributed by atoms with E-state index in [0.29, 0.717) is 19.1 Å². The van der Waals surface area contributed by atoms with Crippen molar-refractivity contribution in [3.63, 3.8) is 0 Å². The SMILES string of the molecule is CC(c1nnnn1C1CCCCC1)N1C[C@@H]2Oc3c(F)ccc(F)c3O[C@@H]2C1. The Morgan fingerprint density at radius 1 is 1.00 bits per heavy atom. The topological polar surface area (TPSA) is 65.3 Å². The number of nitrogens with zero attached hydrogens (tertiary/aromatic N) is 5. The monoisotopic (exact) mass is 391 g/mol. The van der Waals surface area contributed by atoms with Crippen LogP contribution in [0.3, 0.4) is 0 Å². The van der Waals surface area contributed by atoms with E-state index in [4.69, 9.17) is 9.47 Å². The predicted octanol–water partition coefficient (Wildman–Crippen LogP) is 3.04. The van der Waals surface area contributed by atoms with E-state index in [1.807, 2.05) is 4.68 Å². The minimum absolute atomic E-state index is 0.0486. The quantitative estimate of drug-likeness (QED) is 0.801. The number of rotatable bonds is 3. The van der Waals surface area contributed by atoms with Gasteiger partial charge in [-0.05, 0) is 42.3 Å². The first kappa shape index (κ1) is 17.8. The van der Waals surface area contributed by atoms with Crippen molar-refractivity contribution in [2.24, 2.45) is 0 Å². The van der Waals surface area contributed by atoms with Crippen LogP contribution in [0.2, 0.25) is 0 Å². The number of hydrogen-bond acceptors (Lipinski definition) is 6. The minimum Gasteiger partial charge on any atom is -0.478 e. The van der Waals surface area contributed by atoms with Crippen LogP contribution in [0.1, 0.15) is 56.9 Å². The number of halogens is 2. The Morgan fingerprint density at radius 3 is 2.21 bits per heavy atom. The van der Waals surface area contributed by atoms with Crippen LogP contribution in [-0.4, -0.2) is 50.4 Å². The number of tetrazole rings is 1. The van der Waals surface area contributed by atoms with Gasteiger partial charge in [0.25, 0.3) is 0 Å². The lowest BCUT2D eigenvalue weighted by Crippen LogP contribution is -2.39. The zero-order valence-corrected chi connectivity index (χ0v) is 15.7. The first-order valence-corrected chi connectivity index (χ1v) is 9.95. The summed E-state index contributed by atoms with van der Waals surface area (Å²) in [6, 6.07) is 2.41. The molecule has 7 nitrogen and oxygen atoms in total. The smallest absolute Gasteiger partial charge is 0.200 e. The predicted molar refractivity (Wildman–Crippen MR) is 95.1 cm³/mol. The lowest BCUT2D eigenvalue weighted by molar-refractivity contribution is 0.0467. The van der Waals surface area contributed by atoms with E-state index < -0.39 is 11.6 Å². The van der Waals surface area contributed by atoms with Crippen LogP contribution in [0.4, 0.5) is 8.78 Å². The molecule has 0 radical (unpaired) electrons. The van der Waals surface area contributed by atoms with Gasteiger partial charge in [0.05, 0.1) is 12.1 Å². The Bertz CT molecular complexity index is 831. The van der Waals surface area contributed by atoms with Crippen LogP contribution in [-0.2, 0) is 0 Å². The molecule has 0 N–H and O–H groups in total. The second kappa shape index (κ2) is 6.95. The van der Waals surface area contributed by atoms with Crippen LogP contribution >= 0.6 is 0 Å². The molecule has 150 valence electrons. The largest absolute Gasteiger partial charge is 0.478 e. The molecule has 2 fully saturated rings.